The normalized spacial score (nSPS) is 15.2. The molecule has 1 aromatic rings. The highest BCUT2D eigenvalue weighted by atomic mass is 14.2. The molecule has 0 N–H and O–H groups in total. The van der Waals surface area contributed by atoms with Crippen LogP contribution in [-0.4, -0.2) is 0 Å². The van der Waals surface area contributed by atoms with Gasteiger partial charge < -0.3 is 0 Å². The molecule has 1 aliphatic rings. The minimum Gasteiger partial charge on any atom is -0.0626 e. The van der Waals surface area contributed by atoms with Crippen LogP contribution in [0.15, 0.2) is 23.8 Å². The third-order valence-electron chi connectivity index (χ3n) is 3.49. The van der Waals surface area contributed by atoms with Crippen molar-refractivity contribution in [1.82, 2.24) is 0 Å². The number of hydrogen-bond donors (Lipinski definition) is 0. The third kappa shape index (κ3) is 2.07. The summed E-state index contributed by atoms with van der Waals surface area (Å²) < 4.78 is 0. The lowest BCUT2D eigenvalue weighted by Gasteiger charge is -2.19. The Morgan fingerprint density at radius 1 is 1.12 bits per heavy atom. The van der Waals surface area contributed by atoms with Gasteiger partial charge in [0.25, 0.3) is 0 Å². The molecule has 16 heavy (non-hydrogen) atoms. The van der Waals surface area contributed by atoms with Crippen LogP contribution in [-0.2, 0) is 11.8 Å². The van der Waals surface area contributed by atoms with Gasteiger partial charge in [-0.3, -0.25) is 0 Å². The highest BCUT2D eigenvalue weighted by Crippen LogP contribution is 2.32. The largest absolute Gasteiger partial charge is 0.0626 e. The van der Waals surface area contributed by atoms with Crippen LogP contribution in [0, 0.1) is 5.92 Å². The van der Waals surface area contributed by atoms with Gasteiger partial charge in [0.15, 0.2) is 0 Å². The third-order valence-corrected chi connectivity index (χ3v) is 3.49. The number of fused-ring (bicyclic) bond motifs is 1. The molecule has 0 radical (unpaired) electrons. The maximum absolute atomic E-state index is 2.38. The summed E-state index contributed by atoms with van der Waals surface area (Å²) in [6.45, 7) is 11.4. The molecular formula is C16H22. The van der Waals surface area contributed by atoms with Gasteiger partial charge in [-0.1, -0.05) is 64.5 Å². The standard InChI is InChI=1S/C16H22/c1-11(2)13-8-12-6-7-15(16(3,4)5)10-14(12)9-13/h6-7,9-11H,8H2,1-5H3. The van der Waals surface area contributed by atoms with E-state index in [-0.39, 0.29) is 5.41 Å². The second-order valence-corrected chi connectivity index (χ2v) is 6.21. The summed E-state index contributed by atoms with van der Waals surface area (Å²) in [5, 5.41) is 0. The first kappa shape index (κ1) is 11.4. The van der Waals surface area contributed by atoms with Crippen LogP contribution >= 0.6 is 0 Å². The molecule has 86 valence electrons. The predicted molar refractivity (Wildman–Crippen MR) is 71.7 cm³/mol. The summed E-state index contributed by atoms with van der Waals surface area (Å²) in [6, 6.07) is 6.96. The fourth-order valence-corrected chi connectivity index (χ4v) is 2.20. The molecule has 0 spiro atoms. The molecule has 0 saturated carbocycles. The summed E-state index contributed by atoms with van der Waals surface area (Å²) >= 11 is 0. The van der Waals surface area contributed by atoms with Crippen molar-refractivity contribution in [2.45, 2.75) is 46.5 Å². The molecule has 0 fully saturated rings. The number of allylic oxidation sites excluding steroid dienone is 1. The Morgan fingerprint density at radius 3 is 2.38 bits per heavy atom. The van der Waals surface area contributed by atoms with Crippen molar-refractivity contribution in [1.29, 1.82) is 0 Å². The molecule has 0 atom stereocenters. The van der Waals surface area contributed by atoms with Crippen LogP contribution in [0.4, 0.5) is 0 Å². The Kier molecular flexibility index (Phi) is 2.69. The fourth-order valence-electron chi connectivity index (χ4n) is 2.20. The summed E-state index contributed by atoms with van der Waals surface area (Å²) in [4.78, 5) is 0. The first-order valence-corrected chi connectivity index (χ1v) is 6.22. The molecule has 0 nitrogen and oxygen atoms in total. The molecule has 0 unspecified atom stereocenters. The summed E-state index contributed by atoms with van der Waals surface area (Å²) in [6.07, 6.45) is 3.53. The lowest BCUT2D eigenvalue weighted by atomic mass is 9.85. The van der Waals surface area contributed by atoms with Crippen LogP contribution in [0.25, 0.3) is 6.08 Å². The maximum Gasteiger partial charge on any atom is -0.00553 e. The first-order chi connectivity index (χ1) is 7.38. The van der Waals surface area contributed by atoms with Crippen LogP contribution in [0.2, 0.25) is 0 Å². The van der Waals surface area contributed by atoms with Crippen molar-refractivity contribution in [3.8, 4) is 0 Å². The number of hydrogen-bond acceptors (Lipinski definition) is 0. The van der Waals surface area contributed by atoms with E-state index in [4.69, 9.17) is 0 Å². The summed E-state index contributed by atoms with van der Waals surface area (Å²) in [5.41, 5.74) is 6.20. The average Bonchev–Trinajstić information content (AvgIpc) is 2.58. The predicted octanol–water partition coefficient (Wildman–Crippen LogP) is 4.58. The highest BCUT2D eigenvalue weighted by Gasteiger charge is 2.19. The molecule has 1 aromatic carbocycles. The average molecular weight is 214 g/mol. The minimum atomic E-state index is 0.253. The van der Waals surface area contributed by atoms with E-state index in [1.165, 1.54) is 16.7 Å². The molecule has 2 rings (SSSR count). The van der Waals surface area contributed by atoms with Crippen molar-refractivity contribution in [3.63, 3.8) is 0 Å². The van der Waals surface area contributed by atoms with Gasteiger partial charge in [0.05, 0.1) is 0 Å². The van der Waals surface area contributed by atoms with Crippen molar-refractivity contribution in [2.24, 2.45) is 5.92 Å². The van der Waals surface area contributed by atoms with E-state index < -0.39 is 0 Å². The quantitative estimate of drug-likeness (QED) is 0.642. The van der Waals surface area contributed by atoms with Crippen molar-refractivity contribution < 1.29 is 0 Å². The van der Waals surface area contributed by atoms with Crippen LogP contribution < -0.4 is 0 Å². The Hall–Kier alpha value is -1.04. The molecule has 0 saturated heterocycles. The molecule has 0 aliphatic heterocycles. The summed E-state index contributed by atoms with van der Waals surface area (Å²) in [7, 11) is 0. The molecule has 1 aliphatic carbocycles. The van der Waals surface area contributed by atoms with Crippen molar-refractivity contribution in [2.75, 3.05) is 0 Å². The van der Waals surface area contributed by atoms with Crippen LogP contribution in [0.1, 0.15) is 51.3 Å². The van der Waals surface area contributed by atoms with Crippen LogP contribution in [0.3, 0.4) is 0 Å². The van der Waals surface area contributed by atoms with Gasteiger partial charge in [-0.2, -0.15) is 0 Å². The SMILES string of the molecule is CC(C)C1=Cc2cc(C(C)(C)C)ccc2C1. The molecular weight excluding hydrogens is 192 g/mol. The zero-order chi connectivity index (χ0) is 11.9. The Morgan fingerprint density at radius 2 is 1.81 bits per heavy atom. The molecule has 0 bridgehead atoms. The lowest BCUT2D eigenvalue weighted by Crippen LogP contribution is -2.11. The molecule has 0 amide bonds. The molecule has 0 heteroatoms. The van der Waals surface area contributed by atoms with E-state index >= 15 is 0 Å². The smallest absolute Gasteiger partial charge is 0.00553 e. The topological polar surface area (TPSA) is 0 Å². The first-order valence-electron chi connectivity index (χ1n) is 6.22. The van der Waals surface area contributed by atoms with E-state index in [1.54, 1.807) is 5.57 Å². The maximum atomic E-state index is 2.38. The Bertz CT molecular complexity index is 428. The van der Waals surface area contributed by atoms with Gasteiger partial charge in [0.1, 0.15) is 0 Å². The molecule has 0 aromatic heterocycles. The van der Waals surface area contributed by atoms with E-state index in [1.807, 2.05) is 0 Å². The highest BCUT2D eigenvalue weighted by molar-refractivity contribution is 5.65. The lowest BCUT2D eigenvalue weighted by molar-refractivity contribution is 0.590. The summed E-state index contributed by atoms with van der Waals surface area (Å²) in [5.74, 6) is 0.672. The van der Waals surface area contributed by atoms with Gasteiger partial charge in [0, 0.05) is 0 Å². The van der Waals surface area contributed by atoms with Gasteiger partial charge in [-0.15, -0.1) is 0 Å². The number of benzene rings is 1. The van der Waals surface area contributed by atoms with Gasteiger partial charge in [-0.05, 0) is 34.4 Å². The second-order valence-electron chi connectivity index (χ2n) is 6.21. The monoisotopic (exact) mass is 214 g/mol. The Labute approximate surface area is 99.4 Å². The van der Waals surface area contributed by atoms with Crippen molar-refractivity contribution >= 4 is 6.08 Å². The van der Waals surface area contributed by atoms with Gasteiger partial charge >= 0.3 is 0 Å². The number of rotatable bonds is 1. The van der Waals surface area contributed by atoms with E-state index in [0.717, 1.165) is 6.42 Å². The minimum absolute atomic E-state index is 0.253. The zero-order valence-electron chi connectivity index (χ0n) is 11.1. The van der Waals surface area contributed by atoms with Crippen molar-refractivity contribution in [3.05, 3.63) is 40.5 Å². The van der Waals surface area contributed by atoms with Crippen LogP contribution in [0.5, 0.6) is 0 Å². The van der Waals surface area contributed by atoms with E-state index in [0.29, 0.717) is 5.92 Å². The zero-order valence-corrected chi connectivity index (χ0v) is 11.1. The molecule has 0 heterocycles. The van der Waals surface area contributed by atoms with E-state index in [2.05, 4.69) is 58.9 Å². The Balaban J connectivity index is 2.38. The van der Waals surface area contributed by atoms with Gasteiger partial charge in [0.2, 0.25) is 0 Å². The van der Waals surface area contributed by atoms with Gasteiger partial charge in [-0.25, -0.2) is 0 Å². The van der Waals surface area contributed by atoms with E-state index in [9.17, 15) is 0 Å². The fraction of sp³-hybridized carbons (Fsp3) is 0.500. The second kappa shape index (κ2) is 3.76.